The van der Waals surface area contributed by atoms with Crippen LogP contribution in [0.4, 0.5) is 0 Å². The van der Waals surface area contributed by atoms with Crippen LogP contribution >= 0.6 is 0 Å². The van der Waals surface area contributed by atoms with Gasteiger partial charge in [-0.05, 0) is 32.1 Å². The second-order valence-corrected chi connectivity index (χ2v) is 14.5. The molecule has 0 saturated carbocycles. The Morgan fingerprint density at radius 2 is 0.705 bits per heavy atom. The molecule has 0 atom stereocenters. The molecule has 260 valence electrons. The van der Waals surface area contributed by atoms with Gasteiger partial charge in [-0.3, -0.25) is 0 Å². The average Bonchev–Trinajstić information content (AvgIpc) is 3.42. The van der Waals surface area contributed by atoms with Crippen LogP contribution in [0.1, 0.15) is 238 Å². The van der Waals surface area contributed by atoms with E-state index in [-0.39, 0.29) is 0 Å². The third kappa shape index (κ3) is 25.4. The molecule has 0 aliphatic carbocycles. The fraction of sp³-hybridized carbons (Fsp3) is 0.929. The van der Waals surface area contributed by atoms with Gasteiger partial charge >= 0.3 is 0 Å². The molecular weight excluding hydrogens is 532 g/mol. The largest absolute Gasteiger partial charge is 0.256 e. The van der Waals surface area contributed by atoms with E-state index in [1.807, 2.05) is 0 Å². The first kappa shape index (κ1) is 41.2. The van der Waals surface area contributed by atoms with Gasteiger partial charge in [0.15, 0.2) is 0 Å². The van der Waals surface area contributed by atoms with Crippen LogP contribution in [0.3, 0.4) is 0 Å². The molecule has 0 N–H and O–H groups in total. The predicted octanol–water partition coefficient (Wildman–Crippen LogP) is 14.3. The highest BCUT2D eigenvalue weighted by Crippen LogP contribution is 2.16. The Bertz CT molecular complexity index is 677. The smallest absolute Gasteiger partial charge is 0.234 e. The topological polar surface area (TPSA) is 8.81 Å². The van der Waals surface area contributed by atoms with Gasteiger partial charge < -0.3 is 0 Å². The quantitative estimate of drug-likeness (QED) is 0.0524. The fourth-order valence-electron chi connectivity index (χ4n) is 7.03. The Morgan fingerprint density at radius 1 is 0.386 bits per heavy atom. The highest BCUT2D eigenvalue weighted by molar-refractivity contribution is 4.84. The lowest BCUT2D eigenvalue weighted by atomic mass is 10.0. The molecule has 1 aromatic rings. The minimum absolute atomic E-state index is 1.23. The van der Waals surface area contributed by atoms with Crippen molar-refractivity contribution in [3.05, 3.63) is 18.2 Å². The second-order valence-electron chi connectivity index (χ2n) is 14.5. The van der Waals surface area contributed by atoms with E-state index in [1.54, 1.807) is 5.82 Å². The van der Waals surface area contributed by atoms with Gasteiger partial charge in [-0.25, -0.2) is 9.13 Å². The van der Waals surface area contributed by atoms with Crippen molar-refractivity contribution in [1.29, 1.82) is 0 Å². The van der Waals surface area contributed by atoms with E-state index in [9.17, 15) is 0 Å². The molecule has 0 spiro atoms. The van der Waals surface area contributed by atoms with Crippen LogP contribution in [0.15, 0.2) is 12.4 Å². The Morgan fingerprint density at radius 3 is 1.09 bits per heavy atom. The van der Waals surface area contributed by atoms with E-state index < -0.39 is 0 Å². The number of aryl methyl sites for hydroxylation is 2. The molecule has 0 aromatic carbocycles. The standard InChI is InChI=1S/C42H83N2/c1-4-7-10-13-16-18-20-22-24-26-28-31-34-37-42-43(38-35-32-29-15-12-9-6-3)40-41-44(42)39-36-33-30-27-25-23-21-19-17-14-11-8-5-2/h40-41H,4-39H2,1-3H3/q+1. The zero-order valence-corrected chi connectivity index (χ0v) is 31.0. The fourth-order valence-corrected chi connectivity index (χ4v) is 7.03. The highest BCUT2D eigenvalue weighted by atomic mass is 15.1. The van der Waals surface area contributed by atoms with Gasteiger partial charge in [0.2, 0.25) is 0 Å². The molecule has 0 amide bonds. The first-order valence-electron chi connectivity index (χ1n) is 20.9. The third-order valence-electron chi connectivity index (χ3n) is 10.1. The Hall–Kier alpha value is -0.790. The minimum atomic E-state index is 1.23. The predicted molar refractivity (Wildman–Crippen MR) is 198 cm³/mol. The maximum atomic E-state index is 2.64. The van der Waals surface area contributed by atoms with Crippen LogP contribution in [0.25, 0.3) is 0 Å². The summed E-state index contributed by atoms with van der Waals surface area (Å²) in [5, 5.41) is 0. The summed E-state index contributed by atoms with van der Waals surface area (Å²) in [7, 11) is 0. The van der Waals surface area contributed by atoms with E-state index in [2.05, 4.69) is 42.3 Å². The van der Waals surface area contributed by atoms with E-state index in [4.69, 9.17) is 0 Å². The molecule has 0 fully saturated rings. The van der Waals surface area contributed by atoms with Crippen molar-refractivity contribution in [1.82, 2.24) is 4.57 Å². The summed E-state index contributed by atoms with van der Waals surface area (Å²) in [6.45, 7) is 9.40. The summed E-state index contributed by atoms with van der Waals surface area (Å²) in [6.07, 6.45) is 53.4. The van der Waals surface area contributed by atoms with Gasteiger partial charge in [-0.15, -0.1) is 0 Å². The van der Waals surface area contributed by atoms with Gasteiger partial charge in [-0.2, -0.15) is 0 Å². The Kier molecular flexibility index (Phi) is 31.5. The maximum Gasteiger partial charge on any atom is 0.256 e. The van der Waals surface area contributed by atoms with Crippen molar-refractivity contribution in [2.24, 2.45) is 0 Å². The van der Waals surface area contributed by atoms with Gasteiger partial charge in [-0.1, -0.05) is 201 Å². The first-order valence-corrected chi connectivity index (χ1v) is 20.9. The van der Waals surface area contributed by atoms with Crippen LogP contribution in [0, 0.1) is 0 Å². The lowest BCUT2D eigenvalue weighted by Crippen LogP contribution is -2.37. The normalized spacial score (nSPS) is 11.6. The minimum Gasteiger partial charge on any atom is -0.234 e. The van der Waals surface area contributed by atoms with Crippen molar-refractivity contribution < 1.29 is 4.57 Å². The van der Waals surface area contributed by atoms with E-state index >= 15 is 0 Å². The molecule has 1 aromatic heterocycles. The zero-order chi connectivity index (χ0) is 31.6. The van der Waals surface area contributed by atoms with Crippen LogP contribution in [-0.4, -0.2) is 4.57 Å². The van der Waals surface area contributed by atoms with Crippen LogP contribution in [0.5, 0.6) is 0 Å². The number of hydrogen-bond acceptors (Lipinski definition) is 0. The first-order chi connectivity index (χ1) is 21.8. The number of nitrogens with zero attached hydrogens (tertiary/aromatic N) is 2. The van der Waals surface area contributed by atoms with Crippen molar-refractivity contribution in [2.75, 3.05) is 0 Å². The highest BCUT2D eigenvalue weighted by Gasteiger charge is 2.16. The number of imidazole rings is 1. The summed E-state index contributed by atoms with van der Waals surface area (Å²) < 4.78 is 5.27. The molecule has 0 radical (unpaired) electrons. The van der Waals surface area contributed by atoms with Crippen LogP contribution < -0.4 is 4.57 Å². The number of rotatable bonds is 36. The molecule has 1 rings (SSSR count). The maximum absolute atomic E-state index is 2.64. The van der Waals surface area contributed by atoms with Crippen molar-refractivity contribution >= 4 is 0 Å². The number of hydrogen-bond donors (Lipinski definition) is 0. The summed E-state index contributed by atoms with van der Waals surface area (Å²) in [5.74, 6) is 1.62. The third-order valence-corrected chi connectivity index (χ3v) is 10.1. The summed E-state index contributed by atoms with van der Waals surface area (Å²) in [4.78, 5) is 0. The molecule has 0 bridgehead atoms. The molecule has 2 nitrogen and oxygen atoms in total. The van der Waals surface area contributed by atoms with Crippen molar-refractivity contribution in [3.8, 4) is 0 Å². The number of unbranched alkanes of at least 4 members (excludes halogenated alkanes) is 30. The average molecular weight is 616 g/mol. The Balaban J connectivity index is 2.26. The molecule has 1 heterocycles. The van der Waals surface area contributed by atoms with E-state index in [0.29, 0.717) is 0 Å². The SMILES string of the molecule is CCCCCCCCCCCCCCCc1n(CCCCCCCCCCCCCCC)cc[n+]1CCCCCCCCC. The van der Waals surface area contributed by atoms with Crippen LogP contribution in [-0.2, 0) is 19.5 Å². The number of aromatic nitrogens is 2. The molecule has 44 heavy (non-hydrogen) atoms. The van der Waals surface area contributed by atoms with Gasteiger partial charge in [0.25, 0.3) is 5.82 Å². The molecule has 0 aliphatic rings. The van der Waals surface area contributed by atoms with Gasteiger partial charge in [0.05, 0.1) is 13.1 Å². The molecule has 0 aliphatic heterocycles. The molecule has 0 unspecified atom stereocenters. The van der Waals surface area contributed by atoms with Crippen molar-refractivity contribution in [3.63, 3.8) is 0 Å². The second kappa shape index (κ2) is 33.6. The summed E-state index contributed by atoms with van der Waals surface area (Å²) in [5.41, 5.74) is 0. The van der Waals surface area contributed by atoms with Gasteiger partial charge in [0.1, 0.15) is 12.4 Å². The molecular formula is C42H83N2+. The molecule has 0 saturated heterocycles. The van der Waals surface area contributed by atoms with E-state index in [1.165, 1.54) is 231 Å². The molecule has 2 heteroatoms. The zero-order valence-electron chi connectivity index (χ0n) is 31.0. The van der Waals surface area contributed by atoms with Gasteiger partial charge in [0, 0.05) is 6.42 Å². The van der Waals surface area contributed by atoms with Crippen LogP contribution in [0.2, 0.25) is 0 Å². The van der Waals surface area contributed by atoms with Crippen molar-refractivity contribution in [2.45, 2.75) is 252 Å². The Labute approximate surface area is 279 Å². The summed E-state index contributed by atoms with van der Waals surface area (Å²) in [6, 6.07) is 0. The van der Waals surface area contributed by atoms with E-state index in [0.717, 1.165) is 0 Å². The summed E-state index contributed by atoms with van der Waals surface area (Å²) >= 11 is 0. The monoisotopic (exact) mass is 616 g/mol. The lowest BCUT2D eigenvalue weighted by molar-refractivity contribution is -0.704. The lowest BCUT2D eigenvalue weighted by Gasteiger charge is -2.07.